The standard InChI is InChI=1S/C17H20F2N4O5S/c1-11-3-4-12(17(2,18)19)9-13(11)20-16-21-14(10-28-16)15(24)22-29(25,26)23-5-7-27-8-6-23/h3-4,9-10H,5-8H2,1-2H3,(H,20,21)(H,22,24). The van der Waals surface area contributed by atoms with Crippen LogP contribution in [0, 0.1) is 6.92 Å². The van der Waals surface area contributed by atoms with Crippen LogP contribution < -0.4 is 10.0 Å². The average Bonchev–Trinajstić information content (AvgIpc) is 3.12. The number of alkyl halides is 2. The number of ether oxygens (including phenoxy) is 1. The molecule has 0 saturated carbocycles. The van der Waals surface area contributed by atoms with Gasteiger partial charge in [0.1, 0.15) is 6.26 Å². The third kappa shape index (κ3) is 5.08. The quantitative estimate of drug-likeness (QED) is 0.722. The number of aryl methyl sites for hydroxylation is 1. The van der Waals surface area contributed by atoms with Crippen LogP contribution in [0.1, 0.15) is 28.5 Å². The summed E-state index contributed by atoms with van der Waals surface area (Å²) >= 11 is 0. The number of oxazole rings is 1. The third-order valence-electron chi connectivity index (χ3n) is 4.25. The van der Waals surface area contributed by atoms with Gasteiger partial charge in [0.2, 0.25) is 0 Å². The first-order chi connectivity index (χ1) is 13.6. The second kappa shape index (κ2) is 8.05. The fraction of sp³-hybridized carbons (Fsp3) is 0.412. The van der Waals surface area contributed by atoms with Crippen molar-refractivity contribution in [2.24, 2.45) is 0 Å². The van der Waals surface area contributed by atoms with Gasteiger partial charge in [-0.1, -0.05) is 12.1 Å². The van der Waals surface area contributed by atoms with E-state index in [4.69, 9.17) is 9.15 Å². The summed E-state index contributed by atoms with van der Waals surface area (Å²) < 4.78 is 64.8. The summed E-state index contributed by atoms with van der Waals surface area (Å²) in [6.07, 6.45) is 0.972. The zero-order valence-corrected chi connectivity index (χ0v) is 16.6. The van der Waals surface area contributed by atoms with Gasteiger partial charge >= 0.3 is 10.2 Å². The van der Waals surface area contributed by atoms with Crippen LogP contribution in [0.5, 0.6) is 0 Å². The molecule has 1 fully saturated rings. The summed E-state index contributed by atoms with van der Waals surface area (Å²) in [5.41, 5.74) is 0.488. The molecule has 0 aliphatic carbocycles. The van der Waals surface area contributed by atoms with Crippen LogP contribution in [-0.2, 0) is 20.9 Å². The molecule has 1 aliphatic heterocycles. The van der Waals surface area contributed by atoms with Crippen molar-refractivity contribution in [3.63, 3.8) is 0 Å². The molecule has 0 atom stereocenters. The zero-order chi connectivity index (χ0) is 21.2. The fourth-order valence-electron chi connectivity index (χ4n) is 2.60. The molecule has 0 unspecified atom stereocenters. The minimum absolute atomic E-state index is 0.131. The molecule has 1 amide bonds. The van der Waals surface area contributed by atoms with Crippen LogP contribution in [-0.4, -0.2) is 49.9 Å². The summed E-state index contributed by atoms with van der Waals surface area (Å²) in [5.74, 6) is -4.00. The lowest BCUT2D eigenvalue weighted by Gasteiger charge is -2.25. The van der Waals surface area contributed by atoms with E-state index in [2.05, 4.69) is 10.3 Å². The maximum atomic E-state index is 13.5. The molecule has 9 nitrogen and oxygen atoms in total. The summed E-state index contributed by atoms with van der Waals surface area (Å²) in [7, 11) is -4.04. The Kier molecular flexibility index (Phi) is 5.87. The van der Waals surface area contributed by atoms with Crippen molar-refractivity contribution < 1.29 is 31.1 Å². The van der Waals surface area contributed by atoms with E-state index in [9.17, 15) is 22.0 Å². The number of anilines is 2. The number of halogens is 2. The summed E-state index contributed by atoms with van der Waals surface area (Å²) in [6.45, 7) is 3.22. The van der Waals surface area contributed by atoms with Crippen LogP contribution in [0.2, 0.25) is 0 Å². The first kappa shape index (κ1) is 21.1. The van der Waals surface area contributed by atoms with Crippen molar-refractivity contribution >= 4 is 27.8 Å². The highest BCUT2D eigenvalue weighted by Gasteiger charge is 2.28. The average molecular weight is 430 g/mol. The smallest absolute Gasteiger partial charge is 0.304 e. The largest absolute Gasteiger partial charge is 0.431 e. The van der Waals surface area contributed by atoms with Gasteiger partial charge in [0.05, 0.1) is 13.2 Å². The van der Waals surface area contributed by atoms with Crippen molar-refractivity contribution in [3.8, 4) is 0 Å². The predicted octanol–water partition coefficient (Wildman–Crippen LogP) is 2.15. The Morgan fingerprint density at radius 2 is 1.97 bits per heavy atom. The lowest BCUT2D eigenvalue weighted by Crippen LogP contribution is -2.48. The number of benzene rings is 1. The normalized spacial score (nSPS) is 15.9. The van der Waals surface area contributed by atoms with Gasteiger partial charge in [-0.25, -0.2) is 13.5 Å². The van der Waals surface area contributed by atoms with Crippen molar-refractivity contribution in [2.45, 2.75) is 19.8 Å². The number of aromatic nitrogens is 1. The SMILES string of the molecule is Cc1ccc(C(C)(F)F)cc1Nc1nc(C(=O)NS(=O)(=O)N2CCOCC2)co1. The number of morpholine rings is 1. The molecule has 1 aliphatic rings. The Balaban J connectivity index is 1.72. The molecule has 29 heavy (non-hydrogen) atoms. The van der Waals surface area contributed by atoms with Crippen LogP contribution in [0.3, 0.4) is 0 Å². The van der Waals surface area contributed by atoms with Crippen LogP contribution in [0.25, 0.3) is 0 Å². The number of amides is 1. The zero-order valence-electron chi connectivity index (χ0n) is 15.7. The Labute approximate surface area is 166 Å². The lowest BCUT2D eigenvalue weighted by molar-refractivity contribution is 0.0175. The highest BCUT2D eigenvalue weighted by Crippen LogP contribution is 2.31. The van der Waals surface area contributed by atoms with E-state index >= 15 is 0 Å². The number of carbonyl (C=O) groups excluding carboxylic acids is 1. The number of hydrogen-bond acceptors (Lipinski definition) is 7. The van der Waals surface area contributed by atoms with E-state index in [0.29, 0.717) is 11.3 Å². The minimum Gasteiger partial charge on any atom is -0.431 e. The number of rotatable bonds is 6. The summed E-state index contributed by atoms with van der Waals surface area (Å²) in [4.78, 5) is 16.1. The van der Waals surface area contributed by atoms with Crippen molar-refractivity contribution in [1.29, 1.82) is 0 Å². The van der Waals surface area contributed by atoms with Gasteiger partial charge in [-0.15, -0.1) is 0 Å². The number of hydrogen-bond donors (Lipinski definition) is 2. The molecule has 1 aromatic carbocycles. The highest BCUT2D eigenvalue weighted by molar-refractivity contribution is 7.87. The maximum Gasteiger partial charge on any atom is 0.304 e. The van der Waals surface area contributed by atoms with Gasteiger partial charge in [-0.05, 0) is 18.6 Å². The molecule has 2 N–H and O–H groups in total. The van der Waals surface area contributed by atoms with E-state index in [0.717, 1.165) is 17.5 Å². The van der Waals surface area contributed by atoms with Gasteiger partial charge in [-0.3, -0.25) is 4.79 Å². The van der Waals surface area contributed by atoms with E-state index < -0.39 is 22.0 Å². The topological polar surface area (TPSA) is 114 Å². The molecular formula is C17H20F2N4O5S. The molecule has 1 aromatic heterocycles. The van der Waals surface area contributed by atoms with Crippen molar-refractivity contribution in [1.82, 2.24) is 14.0 Å². The monoisotopic (exact) mass is 430 g/mol. The Bertz CT molecular complexity index is 997. The van der Waals surface area contributed by atoms with E-state index in [-0.39, 0.29) is 43.6 Å². The van der Waals surface area contributed by atoms with Gasteiger partial charge < -0.3 is 14.5 Å². The summed E-state index contributed by atoms with van der Waals surface area (Å²) in [5, 5.41) is 2.72. The Morgan fingerprint density at radius 1 is 1.28 bits per heavy atom. The van der Waals surface area contributed by atoms with Crippen LogP contribution in [0.15, 0.2) is 28.9 Å². The highest BCUT2D eigenvalue weighted by atomic mass is 32.2. The van der Waals surface area contributed by atoms with Gasteiger partial charge in [0.25, 0.3) is 17.8 Å². The lowest BCUT2D eigenvalue weighted by atomic mass is 10.1. The first-order valence-corrected chi connectivity index (χ1v) is 10.1. The minimum atomic E-state index is -4.04. The number of nitrogens with one attached hydrogen (secondary N) is 2. The Hall–Kier alpha value is -2.57. The molecule has 3 rings (SSSR count). The second-order valence-electron chi connectivity index (χ2n) is 6.53. The van der Waals surface area contributed by atoms with Crippen molar-refractivity contribution in [2.75, 3.05) is 31.6 Å². The third-order valence-corrected chi connectivity index (χ3v) is 5.74. The predicted molar refractivity (Wildman–Crippen MR) is 99.3 cm³/mol. The molecule has 2 aromatic rings. The van der Waals surface area contributed by atoms with Crippen LogP contribution >= 0.6 is 0 Å². The number of nitrogens with zero attached hydrogens (tertiary/aromatic N) is 2. The molecular weight excluding hydrogens is 410 g/mol. The Morgan fingerprint density at radius 3 is 2.62 bits per heavy atom. The molecule has 2 heterocycles. The van der Waals surface area contributed by atoms with Gasteiger partial charge in [0.15, 0.2) is 5.69 Å². The van der Waals surface area contributed by atoms with E-state index in [1.165, 1.54) is 18.2 Å². The van der Waals surface area contributed by atoms with Gasteiger partial charge in [-0.2, -0.15) is 17.7 Å². The molecule has 12 heteroatoms. The van der Waals surface area contributed by atoms with Crippen molar-refractivity contribution in [3.05, 3.63) is 41.3 Å². The molecule has 0 bridgehead atoms. The fourth-order valence-corrected chi connectivity index (χ4v) is 3.70. The first-order valence-electron chi connectivity index (χ1n) is 8.68. The van der Waals surface area contributed by atoms with Crippen LogP contribution in [0.4, 0.5) is 20.5 Å². The molecule has 158 valence electrons. The van der Waals surface area contributed by atoms with E-state index in [1.807, 2.05) is 4.72 Å². The molecule has 0 spiro atoms. The number of carbonyl (C=O) groups is 1. The second-order valence-corrected chi connectivity index (χ2v) is 8.20. The molecule has 1 saturated heterocycles. The summed E-state index contributed by atoms with van der Waals surface area (Å²) in [6, 6.07) is 3.94. The van der Waals surface area contributed by atoms with Gasteiger partial charge in [0, 0.05) is 31.3 Å². The molecule has 0 radical (unpaired) electrons. The maximum absolute atomic E-state index is 13.5. The van der Waals surface area contributed by atoms with E-state index in [1.54, 1.807) is 6.92 Å².